The molecule has 21 heavy (non-hydrogen) atoms. The summed E-state index contributed by atoms with van der Waals surface area (Å²) in [6.45, 7) is 1.50. The number of carbonyl (C=O) groups is 2. The SMILES string of the molecule is CSc1nnc(SCC(=O)Nc2cccc(C(C)=O)c2)s1. The fourth-order valence-corrected chi connectivity index (χ4v) is 3.72. The molecule has 0 aliphatic carbocycles. The third kappa shape index (κ3) is 4.83. The maximum atomic E-state index is 11.9. The molecular weight excluding hydrogens is 326 g/mol. The molecule has 1 N–H and O–H groups in total. The number of hydrogen-bond acceptors (Lipinski definition) is 7. The van der Waals surface area contributed by atoms with Crippen LogP contribution in [0.4, 0.5) is 5.69 Å². The predicted octanol–water partition coefficient (Wildman–Crippen LogP) is 3.19. The van der Waals surface area contributed by atoms with E-state index < -0.39 is 0 Å². The third-order valence-corrected chi connectivity index (χ3v) is 5.47. The molecule has 0 aliphatic rings. The first-order valence-electron chi connectivity index (χ1n) is 5.99. The Balaban J connectivity index is 1.89. The zero-order chi connectivity index (χ0) is 15.2. The van der Waals surface area contributed by atoms with Crippen LogP contribution in [0.1, 0.15) is 17.3 Å². The van der Waals surface area contributed by atoms with E-state index >= 15 is 0 Å². The number of nitrogens with one attached hydrogen (secondary N) is 1. The van der Waals surface area contributed by atoms with Gasteiger partial charge >= 0.3 is 0 Å². The minimum Gasteiger partial charge on any atom is -0.325 e. The molecule has 0 atom stereocenters. The average Bonchev–Trinajstić information content (AvgIpc) is 2.93. The first-order chi connectivity index (χ1) is 10.1. The normalized spacial score (nSPS) is 10.4. The lowest BCUT2D eigenvalue weighted by Crippen LogP contribution is -2.14. The molecule has 0 aliphatic heterocycles. The summed E-state index contributed by atoms with van der Waals surface area (Å²) >= 11 is 4.34. The Labute approximate surface area is 134 Å². The van der Waals surface area contributed by atoms with Gasteiger partial charge in [0.25, 0.3) is 0 Å². The second-order valence-corrected chi connectivity index (χ2v) is 7.27. The highest BCUT2D eigenvalue weighted by Crippen LogP contribution is 2.27. The monoisotopic (exact) mass is 339 g/mol. The van der Waals surface area contributed by atoms with Gasteiger partial charge in [-0.3, -0.25) is 9.59 Å². The Hall–Kier alpha value is -1.38. The lowest BCUT2D eigenvalue weighted by atomic mass is 10.1. The van der Waals surface area contributed by atoms with Crippen molar-refractivity contribution in [1.29, 1.82) is 0 Å². The lowest BCUT2D eigenvalue weighted by molar-refractivity contribution is -0.113. The summed E-state index contributed by atoms with van der Waals surface area (Å²) in [5.41, 5.74) is 1.20. The van der Waals surface area contributed by atoms with E-state index in [9.17, 15) is 9.59 Å². The number of amides is 1. The van der Waals surface area contributed by atoms with E-state index in [0.717, 1.165) is 8.68 Å². The maximum absolute atomic E-state index is 11.9. The molecule has 5 nitrogen and oxygen atoms in total. The molecule has 2 aromatic rings. The number of nitrogens with zero attached hydrogens (tertiary/aromatic N) is 2. The fourth-order valence-electron chi connectivity index (χ4n) is 1.48. The summed E-state index contributed by atoms with van der Waals surface area (Å²) in [7, 11) is 0. The van der Waals surface area contributed by atoms with Crippen molar-refractivity contribution >= 4 is 52.2 Å². The molecule has 0 unspecified atom stereocenters. The van der Waals surface area contributed by atoms with Crippen LogP contribution in [0.2, 0.25) is 0 Å². The number of hydrogen-bond donors (Lipinski definition) is 1. The van der Waals surface area contributed by atoms with E-state index in [1.807, 2.05) is 6.26 Å². The molecule has 0 saturated heterocycles. The van der Waals surface area contributed by atoms with E-state index in [0.29, 0.717) is 11.3 Å². The first-order valence-corrected chi connectivity index (χ1v) is 9.02. The highest BCUT2D eigenvalue weighted by atomic mass is 32.2. The van der Waals surface area contributed by atoms with E-state index in [1.54, 1.807) is 24.3 Å². The molecule has 1 aromatic heterocycles. The summed E-state index contributed by atoms with van der Waals surface area (Å²) in [5, 5.41) is 10.7. The van der Waals surface area contributed by atoms with Crippen LogP contribution in [-0.2, 0) is 4.79 Å². The van der Waals surface area contributed by atoms with Gasteiger partial charge in [0.1, 0.15) is 0 Å². The van der Waals surface area contributed by atoms with Crippen LogP contribution in [0.3, 0.4) is 0 Å². The second-order valence-electron chi connectivity index (χ2n) is 4.01. The molecule has 0 fully saturated rings. The number of aromatic nitrogens is 2. The van der Waals surface area contributed by atoms with Gasteiger partial charge in [-0.25, -0.2) is 0 Å². The molecule has 2 rings (SSSR count). The van der Waals surface area contributed by atoms with Gasteiger partial charge in [0, 0.05) is 11.3 Å². The van der Waals surface area contributed by atoms with Crippen LogP contribution in [-0.4, -0.2) is 33.9 Å². The van der Waals surface area contributed by atoms with Gasteiger partial charge in [-0.1, -0.05) is 47.0 Å². The number of Topliss-reactive ketones (excluding diaryl/α,β-unsaturated/α-hetero) is 1. The summed E-state index contributed by atoms with van der Waals surface area (Å²) in [5.74, 6) is 0.0911. The van der Waals surface area contributed by atoms with Crippen molar-refractivity contribution in [2.24, 2.45) is 0 Å². The minimum absolute atomic E-state index is 0.0288. The highest BCUT2D eigenvalue weighted by Gasteiger charge is 2.09. The van der Waals surface area contributed by atoms with Crippen molar-refractivity contribution in [3.8, 4) is 0 Å². The Kier molecular flexibility index (Phi) is 5.77. The largest absolute Gasteiger partial charge is 0.325 e. The Morgan fingerprint density at radius 2 is 2.05 bits per heavy atom. The first kappa shape index (κ1) is 16.0. The van der Waals surface area contributed by atoms with Crippen molar-refractivity contribution in [2.75, 3.05) is 17.3 Å². The van der Waals surface area contributed by atoms with Crippen molar-refractivity contribution in [2.45, 2.75) is 15.6 Å². The van der Waals surface area contributed by atoms with Crippen molar-refractivity contribution < 1.29 is 9.59 Å². The van der Waals surface area contributed by atoms with Crippen LogP contribution < -0.4 is 5.32 Å². The van der Waals surface area contributed by atoms with Gasteiger partial charge in [-0.2, -0.15) is 0 Å². The van der Waals surface area contributed by atoms with Crippen LogP contribution in [0.25, 0.3) is 0 Å². The van der Waals surface area contributed by atoms with Crippen LogP contribution in [0.5, 0.6) is 0 Å². The van der Waals surface area contributed by atoms with Gasteiger partial charge in [0.15, 0.2) is 14.5 Å². The standard InChI is InChI=1S/C13H13N3O2S3/c1-8(17)9-4-3-5-10(6-9)14-11(18)7-20-13-16-15-12(19-2)21-13/h3-6H,7H2,1-2H3,(H,14,18). The van der Waals surface area contributed by atoms with Crippen molar-refractivity contribution in [1.82, 2.24) is 10.2 Å². The quantitative estimate of drug-likeness (QED) is 0.644. The van der Waals surface area contributed by atoms with Gasteiger partial charge < -0.3 is 5.32 Å². The van der Waals surface area contributed by atoms with E-state index in [1.165, 1.54) is 41.8 Å². The van der Waals surface area contributed by atoms with Gasteiger partial charge in [-0.15, -0.1) is 10.2 Å². The summed E-state index contributed by atoms with van der Waals surface area (Å²) in [4.78, 5) is 23.2. The molecule has 1 aromatic carbocycles. The molecule has 8 heteroatoms. The summed E-state index contributed by atoms with van der Waals surface area (Å²) in [6, 6.07) is 6.89. The zero-order valence-corrected chi connectivity index (χ0v) is 13.9. The number of rotatable bonds is 6. The number of anilines is 1. The second kappa shape index (κ2) is 7.58. The maximum Gasteiger partial charge on any atom is 0.234 e. The van der Waals surface area contributed by atoms with Crippen LogP contribution >= 0.6 is 34.9 Å². The highest BCUT2D eigenvalue weighted by molar-refractivity contribution is 8.03. The molecule has 1 heterocycles. The number of thioether (sulfide) groups is 2. The van der Waals surface area contributed by atoms with Crippen molar-refractivity contribution in [3.05, 3.63) is 29.8 Å². The van der Waals surface area contributed by atoms with E-state index in [-0.39, 0.29) is 17.4 Å². The van der Waals surface area contributed by atoms with E-state index in [4.69, 9.17) is 0 Å². The Morgan fingerprint density at radius 3 is 2.71 bits per heavy atom. The topological polar surface area (TPSA) is 72.0 Å². The molecule has 0 saturated carbocycles. The van der Waals surface area contributed by atoms with Gasteiger partial charge in [0.05, 0.1) is 5.75 Å². The predicted molar refractivity (Wildman–Crippen MR) is 87.5 cm³/mol. The molecule has 0 spiro atoms. The Bertz CT molecular complexity index is 658. The average molecular weight is 339 g/mol. The summed E-state index contributed by atoms with van der Waals surface area (Å²) in [6.07, 6.45) is 1.93. The summed E-state index contributed by atoms with van der Waals surface area (Å²) < 4.78 is 1.65. The van der Waals surface area contributed by atoms with Gasteiger partial charge in [-0.05, 0) is 25.3 Å². The zero-order valence-electron chi connectivity index (χ0n) is 11.5. The van der Waals surface area contributed by atoms with Crippen LogP contribution in [0, 0.1) is 0 Å². The molecule has 1 amide bonds. The van der Waals surface area contributed by atoms with Crippen molar-refractivity contribution in [3.63, 3.8) is 0 Å². The third-order valence-electron chi connectivity index (χ3n) is 2.44. The lowest BCUT2D eigenvalue weighted by Gasteiger charge is -2.05. The smallest absolute Gasteiger partial charge is 0.234 e. The molecule has 0 bridgehead atoms. The molecule has 0 radical (unpaired) electrons. The Morgan fingerprint density at radius 1 is 1.29 bits per heavy atom. The number of carbonyl (C=O) groups excluding carboxylic acids is 2. The fraction of sp³-hybridized carbons (Fsp3) is 0.231. The molecular formula is C13H13N3O2S3. The van der Waals surface area contributed by atoms with E-state index in [2.05, 4.69) is 15.5 Å². The molecule has 110 valence electrons. The number of benzene rings is 1. The van der Waals surface area contributed by atoms with Crippen LogP contribution in [0.15, 0.2) is 32.9 Å². The van der Waals surface area contributed by atoms with Gasteiger partial charge in [0.2, 0.25) is 5.91 Å². The number of ketones is 1. The minimum atomic E-state index is -0.137.